The predicted octanol–water partition coefficient (Wildman–Crippen LogP) is 2.12. The molecule has 112 valence electrons. The third-order valence-electron chi connectivity index (χ3n) is 2.26. The van der Waals surface area contributed by atoms with Crippen LogP contribution >= 0.6 is 11.6 Å². The third-order valence-corrected chi connectivity index (χ3v) is 2.52. The number of alkyl halides is 4. The maximum absolute atomic E-state index is 12.2. The summed E-state index contributed by atoms with van der Waals surface area (Å²) in [5.41, 5.74) is -1.12. The van der Waals surface area contributed by atoms with Crippen molar-refractivity contribution in [1.82, 2.24) is 4.98 Å². The van der Waals surface area contributed by atoms with E-state index in [-0.39, 0.29) is 17.7 Å². The van der Waals surface area contributed by atoms with Crippen molar-refractivity contribution in [2.45, 2.75) is 25.6 Å². The molecular weight excluding hydrogens is 303 g/mol. The van der Waals surface area contributed by atoms with Crippen molar-refractivity contribution >= 4 is 17.6 Å². The molecule has 0 atom stereocenters. The lowest BCUT2D eigenvalue weighted by molar-refractivity contribution is -0.275. The smallest absolute Gasteiger partial charge is 0.466 e. The quantitative estimate of drug-likeness (QED) is 0.668. The summed E-state index contributed by atoms with van der Waals surface area (Å²) in [6.45, 7) is 1.65. The first-order valence-electron chi connectivity index (χ1n) is 5.49. The Morgan fingerprint density at radius 1 is 1.40 bits per heavy atom. The molecule has 1 heterocycles. The average Bonchev–Trinajstić information content (AvgIpc) is 2.32. The van der Waals surface area contributed by atoms with Gasteiger partial charge in [0.15, 0.2) is 0 Å². The van der Waals surface area contributed by atoms with Crippen LogP contribution in [-0.4, -0.2) is 23.9 Å². The van der Waals surface area contributed by atoms with Crippen molar-refractivity contribution < 1.29 is 27.4 Å². The summed E-state index contributed by atoms with van der Waals surface area (Å²) in [7, 11) is 0. The van der Waals surface area contributed by atoms with Gasteiger partial charge in [-0.05, 0) is 6.92 Å². The molecule has 1 aromatic heterocycles. The Labute approximate surface area is 116 Å². The fourth-order valence-corrected chi connectivity index (χ4v) is 1.79. The van der Waals surface area contributed by atoms with E-state index in [4.69, 9.17) is 11.6 Å². The van der Waals surface area contributed by atoms with Gasteiger partial charge in [0.1, 0.15) is 5.75 Å². The molecule has 20 heavy (non-hydrogen) atoms. The number of hydrogen-bond donors (Lipinski definition) is 1. The first-order valence-corrected chi connectivity index (χ1v) is 6.02. The summed E-state index contributed by atoms with van der Waals surface area (Å²) >= 11 is 5.55. The van der Waals surface area contributed by atoms with Gasteiger partial charge in [0, 0.05) is 17.3 Å². The Morgan fingerprint density at radius 2 is 2.05 bits per heavy atom. The largest absolute Gasteiger partial charge is 0.573 e. The second kappa shape index (κ2) is 6.65. The van der Waals surface area contributed by atoms with E-state index in [9.17, 15) is 22.8 Å². The van der Waals surface area contributed by atoms with Crippen LogP contribution in [0.15, 0.2) is 11.0 Å². The fourth-order valence-electron chi connectivity index (χ4n) is 1.50. The maximum atomic E-state index is 12.2. The predicted molar refractivity (Wildman–Crippen MR) is 63.6 cm³/mol. The standard InChI is InChI=1S/C11H11ClF3NO4/c1-2-19-9(17)3-6-7(4-12)8(5-16-10(6)18)20-11(13,14)15/h5H,2-4H2,1H3,(H,16,18). The first-order chi connectivity index (χ1) is 9.28. The van der Waals surface area contributed by atoms with Crippen molar-refractivity contribution in [3.05, 3.63) is 27.7 Å². The van der Waals surface area contributed by atoms with E-state index < -0.39 is 35.9 Å². The maximum Gasteiger partial charge on any atom is 0.573 e. The van der Waals surface area contributed by atoms with E-state index in [1.54, 1.807) is 6.92 Å². The van der Waals surface area contributed by atoms with E-state index in [1.165, 1.54) is 0 Å². The minimum Gasteiger partial charge on any atom is -0.466 e. The van der Waals surface area contributed by atoms with Crippen LogP contribution in [-0.2, 0) is 21.8 Å². The topological polar surface area (TPSA) is 68.4 Å². The minimum atomic E-state index is -4.93. The number of carbonyl (C=O) groups excluding carboxylic acids is 1. The molecule has 0 saturated carbocycles. The molecule has 0 unspecified atom stereocenters. The Hall–Kier alpha value is -1.70. The van der Waals surface area contributed by atoms with Gasteiger partial charge in [-0.1, -0.05) is 0 Å². The lowest BCUT2D eigenvalue weighted by atomic mass is 10.1. The molecule has 0 saturated heterocycles. The zero-order valence-electron chi connectivity index (χ0n) is 10.3. The van der Waals surface area contributed by atoms with Crippen LogP contribution in [0.3, 0.4) is 0 Å². The molecule has 0 aliphatic rings. The van der Waals surface area contributed by atoms with Gasteiger partial charge < -0.3 is 14.5 Å². The van der Waals surface area contributed by atoms with Gasteiger partial charge >= 0.3 is 12.3 Å². The van der Waals surface area contributed by atoms with Gasteiger partial charge in [-0.25, -0.2) is 0 Å². The van der Waals surface area contributed by atoms with Gasteiger partial charge in [0.2, 0.25) is 0 Å². The molecule has 9 heteroatoms. The van der Waals surface area contributed by atoms with Gasteiger partial charge in [0.05, 0.1) is 18.9 Å². The highest BCUT2D eigenvalue weighted by atomic mass is 35.5. The molecule has 0 aliphatic heterocycles. The first kappa shape index (κ1) is 16.4. The van der Waals surface area contributed by atoms with E-state index in [2.05, 4.69) is 14.5 Å². The van der Waals surface area contributed by atoms with Crippen LogP contribution in [0.25, 0.3) is 0 Å². The Balaban J connectivity index is 3.18. The summed E-state index contributed by atoms with van der Waals surface area (Å²) in [4.78, 5) is 25.0. The zero-order chi connectivity index (χ0) is 15.3. The molecule has 5 nitrogen and oxygen atoms in total. The van der Waals surface area contributed by atoms with E-state index in [0.717, 1.165) is 6.20 Å². The van der Waals surface area contributed by atoms with Gasteiger partial charge in [-0.15, -0.1) is 24.8 Å². The molecule has 0 aromatic carbocycles. The average molecular weight is 314 g/mol. The number of hydrogen-bond acceptors (Lipinski definition) is 4. The number of halogens is 4. The number of H-pyrrole nitrogens is 1. The lowest BCUT2D eigenvalue weighted by Crippen LogP contribution is -2.24. The second-order valence-corrected chi connectivity index (χ2v) is 3.87. The van der Waals surface area contributed by atoms with Crippen LogP contribution in [0.5, 0.6) is 5.75 Å². The molecule has 0 amide bonds. The number of aromatic amines is 1. The van der Waals surface area contributed by atoms with Crippen molar-refractivity contribution in [3.63, 3.8) is 0 Å². The number of esters is 1. The molecule has 1 aromatic rings. The Morgan fingerprint density at radius 3 is 2.55 bits per heavy atom. The normalized spacial score (nSPS) is 11.2. The van der Waals surface area contributed by atoms with E-state index >= 15 is 0 Å². The summed E-state index contributed by atoms with van der Waals surface area (Å²) < 4.78 is 45.1. The van der Waals surface area contributed by atoms with Crippen molar-refractivity contribution in [2.75, 3.05) is 6.61 Å². The van der Waals surface area contributed by atoms with Gasteiger partial charge in [-0.3, -0.25) is 9.59 Å². The fraction of sp³-hybridized carbons (Fsp3) is 0.455. The number of nitrogens with one attached hydrogen (secondary N) is 1. The zero-order valence-corrected chi connectivity index (χ0v) is 11.1. The highest BCUT2D eigenvalue weighted by Gasteiger charge is 2.33. The van der Waals surface area contributed by atoms with Crippen molar-refractivity contribution in [1.29, 1.82) is 0 Å². The molecule has 0 spiro atoms. The second-order valence-electron chi connectivity index (χ2n) is 3.60. The highest BCUT2D eigenvalue weighted by molar-refractivity contribution is 6.17. The van der Waals surface area contributed by atoms with E-state index in [0.29, 0.717) is 0 Å². The van der Waals surface area contributed by atoms with Crippen LogP contribution in [0, 0.1) is 0 Å². The van der Waals surface area contributed by atoms with Gasteiger partial charge in [-0.2, -0.15) is 0 Å². The number of pyridine rings is 1. The van der Waals surface area contributed by atoms with Crippen LogP contribution in [0.2, 0.25) is 0 Å². The summed E-state index contributed by atoms with van der Waals surface area (Å²) in [5.74, 6) is -1.80. The minimum absolute atomic E-state index is 0.0890. The summed E-state index contributed by atoms with van der Waals surface area (Å²) in [6, 6.07) is 0. The summed E-state index contributed by atoms with van der Waals surface area (Å²) in [5, 5.41) is 0. The monoisotopic (exact) mass is 313 g/mol. The van der Waals surface area contributed by atoms with Crippen LogP contribution < -0.4 is 10.3 Å². The number of rotatable bonds is 5. The molecule has 1 N–H and O–H groups in total. The van der Waals surface area contributed by atoms with Gasteiger partial charge in [0.25, 0.3) is 5.56 Å². The van der Waals surface area contributed by atoms with E-state index in [1.807, 2.05) is 0 Å². The number of ether oxygens (including phenoxy) is 2. The molecule has 0 radical (unpaired) electrons. The number of aromatic nitrogens is 1. The molecule has 0 aliphatic carbocycles. The lowest BCUT2D eigenvalue weighted by Gasteiger charge is -2.14. The summed E-state index contributed by atoms with van der Waals surface area (Å²) in [6.07, 6.45) is -4.66. The molecule has 1 rings (SSSR count). The van der Waals surface area contributed by atoms with Crippen LogP contribution in [0.4, 0.5) is 13.2 Å². The molecule has 0 bridgehead atoms. The Bertz CT molecular complexity index is 541. The number of carbonyl (C=O) groups is 1. The SMILES string of the molecule is CCOC(=O)Cc1c(CCl)c(OC(F)(F)F)c[nH]c1=O. The Kier molecular flexibility index (Phi) is 5.43. The van der Waals surface area contributed by atoms with Crippen molar-refractivity contribution in [2.24, 2.45) is 0 Å². The van der Waals surface area contributed by atoms with Crippen LogP contribution in [0.1, 0.15) is 18.1 Å². The molecule has 0 fully saturated rings. The highest BCUT2D eigenvalue weighted by Crippen LogP contribution is 2.28. The third kappa shape index (κ3) is 4.44. The molecular formula is C11H11ClF3NO4. The van der Waals surface area contributed by atoms with Crippen molar-refractivity contribution in [3.8, 4) is 5.75 Å².